The van der Waals surface area contributed by atoms with Gasteiger partial charge in [0.05, 0.1) is 22.1 Å². The number of hydrogen-bond donors (Lipinski definition) is 1. The van der Waals surface area contributed by atoms with Crippen LogP contribution in [-0.4, -0.2) is 47.2 Å². The Balaban J connectivity index is 1.79. The van der Waals surface area contributed by atoms with Gasteiger partial charge in [-0.1, -0.05) is 26.0 Å². The Morgan fingerprint density at radius 3 is 2.73 bits per heavy atom. The summed E-state index contributed by atoms with van der Waals surface area (Å²) in [5.74, 6) is -0.114. The van der Waals surface area contributed by atoms with Crippen molar-refractivity contribution in [2.24, 2.45) is 5.92 Å². The van der Waals surface area contributed by atoms with E-state index in [1.54, 1.807) is 18.0 Å². The van der Waals surface area contributed by atoms with E-state index in [1.165, 1.54) is 16.2 Å². The molecule has 2 aromatic rings. The summed E-state index contributed by atoms with van der Waals surface area (Å²) in [6.45, 7) is 7.81. The molecule has 0 spiro atoms. The zero-order valence-corrected chi connectivity index (χ0v) is 18.9. The molecule has 0 aliphatic carbocycles. The summed E-state index contributed by atoms with van der Waals surface area (Å²) in [5, 5.41) is 3.78. The van der Waals surface area contributed by atoms with Crippen molar-refractivity contribution in [2.75, 3.05) is 23.8 Å². The minimum absolute atomic E-state index is 0.0808. The summed E-state index contributed by atoms with van der Waals surface area (Å²) >= 11 is 1.40. The molecule has 0 fully saturated rings. The maximum Gasteiger partial charge on any atom is 0.266 e. The lowest BCUT2D eigenvalue weighted by Crippen LogP contribution is -2.45. The number of anilines is 2. The summed E-state index contributed by atoms with van der Waals surface area (Å²) < 4.78 is 0. The average Bonchev–Trinajstić information content (AvgIpc) is 2.94. The van der Waals surface area contributed by atoms with Crippen molar-refractivity contribution in [3.63, 3.8) is 0 Å². The molecule has 1 aliphatic rings. The van der Waals surface area contributed by atoms with Crippen LogP contribution in [0.1, 0.15) is 47.6 Å². The van der Waals surface area contributed by atoms with Gasteiger partial charge < -0.3 is 15.1 Å². The zero-order valence-electron chi connectivity index (χ0n) is 18.1. The number of para-hydroxylation sites is 2. The van der Waals surface area contributed by atoms with Gasteiger partial charge in [-0.15, -0.1) is 11.3 Å². The first-order valence-electron chi connectivity index (χ1n) is 10.1. The molecule has 1 aromatic heterocycles. The standard InChI is InChI=1S/C22H28N4O3S/c1-13(2)10-19-23-15(4)21(30-19)22(29)25(5)12-20(28)26-14(3)11-18(27)24-16-8-6-7-9-17(16)26/h6-9,13-14H,10-12H2,1-5H3,(H,24,27). The Labute approximate surface area is 181 Å². The number of aryl methyl sites for hydroxylation is 1. The molecular weight excluding hydrogens is 400 g/mol. The minimum atomic E-state index is -0.313. The van der Waals surface area contributed by atoms with Gasteiger partial charge in [0.25, 0.3) is 5.91 Å². The molecule has 1 aromatic carbocycles. The van der Waals surface area contributed by atoms with Crippen LogP contribution >= 0.6 is 11.3 Å². The highest BCUT2D eigenvalue weighted by Gasteiger charge is 2.31. The van der Waals surface area contributed by atoms with Crippen molar-refractivity contribution in [3.8, 4) is 0 Å². The smallest absolute Gasteiger partial charge is 0.266 e. The predicted molar refractivity (Wildman–Crippen MR) is 119 cm³/mol. The Morgan fingerprint density at radius 2 is 2.03 bits per heavy atom. The molecule has 0 bridgehead atoms. The number of amides is 3. The third-order valence-corrected chi connectivity index (χ3v) is 6.13. The number of likely N-dealkylation sites (N-methyl/N-ethyl adjacent to an activating group) is 1. The second kappa shape index (κ2) is 8.95. The number of carbonyl (C=O) groups excluding carboxylic acids is 3. The number of hydrogen-bond acceptors (Lipinski definition) is 5. The van der Waals surface area contributed by atoms with E-state index in [2.05, 4.69) is 24.1 Å². The van der Waals surface area contributed by atoms with E-state index in [4.69, 9.17) is 0 Å². The number of rotatable bonds is 5. The number of nitrogens with one attached hydrogen (secondary N) is 1. The van der Waals surface area contributed by atoms with Crippen molar-refractivity contribution in [3.05, 3.63) is 39.8 Å². The fourth-order valence-electron chi connectivity index (χ4n) is 3.58. The molecule has 3 rings (SSSR count). The molecule has 0 radical (unpaired) electrons. The first kappa shape index (κ1) is 22.0. The quantitative estimate of drug-likeness (QED) is 0.790. The third-order valence-electron chi connectivity index (χ3n) is 4.97. The molecule has 30 heavy (non-hydrogen) atoms. The molecule has 1 aliphatic heterocycles. The van der Waals surface area contributed by atoms with Crippen molar-refractivity contribution in [1.82, 2.24) is 9.88 Å². The summed E-state index contributed by atoms with van der Waals surface area (Å²) in [7, 11) is 1.62. The summed E-state index contributed by atoms with van der Waals surface area (Å²) in [6, 6.07) is 6.91. The van der Waals surface area contributed by atoms with Crippen LogP contribution in [0.25, 0.3) is 0 Å². The van der Waals surface area contributed by atoms with Crippen LogP contribution in [0.4, 0.5) is 11.4 Å². The Hall–Kier alpha value is -2.74. The van der Waals surface area contributed by atoms with Crippen LogP contribution in [0, 0.1) is 12.8 Å². The monoisotopic (exact) mass is 428 g/mol. The Kier molecular flexibility index (Phi) is 6.55. The second-order valence-corrected chi connectivity index (χ2v) is 9.25. The Morgan fingerprint density at radius 1 is 1.33 bits per heavy atom. The highest BCUT2D eigenvalue weighted by Crippen LogP contribution is 2.31. The van der Waals surface area contributed by atoms with Gasteiger partial charge in [-0.25, -0.2) is 4.98 Å². The van der Waals surface area contributed by atoms with E-state index >= 15 is 0 Å². The lowest BCUT2D eigenvalue weighted by Gasteiger charge is -2.29. The largest absolute Gasteiger partial charge is 0.332 e. The van der Waals surface area contributed by atoms with Crippen molar-refractivity contribution in [2.45, 2.75) is 46.6 Å². The van der Waals surface area contributed by atoms with Crippen LogP contribution in [0.15, 0.2) is 24.3 Å². The topological polar surface area (TPSA) is 82.6 Å². The number of benzene rings is 1. The molecule has 1 atom stereocenters. The lowest BCUT2D eigenvalue weighted by molar-refractivity contribution is -0.119. The van der Waals surface area contributed by atoms with Crippen molar-refractivity contribution in [1.29, 1.82) is 0 Å². The maximum absolute atomic E-state index is 13.2. The van der Waals surface area contributed by atoms with Gasteiger partial charge in [-0.3, -0.25) is 14.4 Å². The zero-order chi connectivity index (χ0) is 22.0. The molecule has 0 saturated heterocycles. The third kappa shape index (κ3) is 4.70. The first-order chi connectivity index (χ1) is 14.2. The predicted octanol–water partition coefficient (Wildman–Crippen LogP) is 3.49. The number of aromatic nitrogens is 1. The summed E-state index contributed by atoms with van der Waals surface area (Å²) in [5.41, 5.74) is 1.95. The van der Waals surface area contributed by atoms with E-state index in [-0.39, 0.29) is 36.7 Å². The van der Waals surface area contributed by atoms with Crippen LogP contribution < -0.4 is 10.2 Å². The lowest BCUT2D eigenvalue weighted by atomic mass is 10.1. The van der Waals surface area contributed by atoms with Crippen LogP contribution in [-0.2, 0) is 16.0 Å². The second-order valence-electron chi connectivity index (χ2n) is 8.16. The van der Waals surface area contributed by atoms with Gasteiger partial charge in [0, 0.05) is 25.9 Å². The average molecular weight is 429 g/mol. The summed E-state index contributed by atoms with van der Waals surface area (Å²) in [4.78, 5) is 46.4. The molecule has 1 N–H and O–H groups in total. The van der Waals surface area contributed by atoms with Gasteiger partial charge in [0.15, 0.2) is 0 Å². The van der Waals surface area contributed by atoms with Crippen LogP contribution in [0.5, 0.6) is 0 Å². The Bertz CT molecular complexity index is 969. The fourth-order valence-corrected chi connectivity index (χ4v) is 4.85. The van der Waals surface area contributed by atoms with E-state index in [9.17, 15) is 14.4 Å². The highest BCUT2D eigenvalue weighted by molar-refractivity contribution is 7.13. The number of nitrogens with zero attached hydrogens (tertiary/aromatic N) is 3. The van der Waals surface area contributed by atoms with E-state index in [0.717, 1.165) is 11.4 Å². The van der Waals surface area contributed by atoms with Crippen molar-refractivity contribution < 1.29 is 14.4 Å². The van der Waals surface area contributed by atoms with E-state index < -0.39 is 0 Å². The number of fused-ring (bicyclic) bond motifs is 1. The number of carbonyl (C=O) groups is 3. The highest BCUT2D eigenvalue weighted by atomic mass is 32.1. The van der Waals surface area contributed by atoms with Gasteiger partial charge in [-0.05, 0) is 31.9 Å². The SMILES string of the molecule is Cc1nc(CC(C)C)sc1C(=O)N(C)CC(=O)N1c2ccccc2NC(=O)CC1C. The molecule has 8 heteroatoms. The van der Waals surface area contributed by atoms with Crippen molar-refractivity contribution >= 4 is 40.4 Å². The normalized spacial score (nSPS) is 16.1. The molecular formula is C22H28N4O3S. The van der Waals surface area contributed by atoms with Gasteiger partial charge in [-0.2, -0.15) is 0 Å². The van der Waals surface area contributed by atoms with Crippen LogP contribution in [0.2, 0.25) is 0 Å². The minimum Gasteiger partial charge on any atom is -0.332 e. The molecule has 7 nitrogen and oxygen atoms in total. The summed E-state index contributed by atoms with van der Waals surface area (Å²) in [6.07, 6.45) is 1.02. The van der Waals surface area contributed by atoms with Gasteiger partial charge in [0.2, 0.25) is 11.8 Å². The molecule has 1 unspecified atom stereocenters. The first-order valence-corrected chi connectivity index (χ1v) is 10.9. The fraction of sp³-hybridized carbons (Fsp3) is 0.455. The van der Waals surface area contributed by atoms with E-state index in [0.29, 0.717) is 27.9 Å². The van der Waals surface area contributed by atoms with E-state index in [1.807, 2.05) is 32.0 Å². The van der Waals surface area contributed by atoms with Gasteiger partial charge in [0.1, 0.15) is 11.4 Å². The molecule has 2 heterocycles. The molecule has 3 amide bonds. The molecule has 0 saturated carbocycles. The number of thiazole rings is 1. The van der Waals surface area contributed by atoms with Gasteiger partial charge >= 0.3 is 0 Å². The van der Waals surface area contributed by atoms with Crippen LogP contribution in [0.3, 0.4) is 0 Å². The maximum atomic E-state index is 13.2. The molecule has 160 valence electrons.